The van der Waals surface area contributed by atoms with E-state index >= 15 is 0 Å². The number of ether oxygens (including phenoxy) is 1. The number of likely N-dealkylation sites (N-methyl/N-ethyl adjacent to an activating group) is 1. The van der Waals surface area contributed by atoms with E-state index in [0.717, 1.165) is 6.54 Å². The molecule has 0 aromatic carbocycles. The molecule has 74 valence electrons. The van der Waals surface area contributed by atoms with E-state index in [9.17, 15) is 4.79 Å². The summed E-state index contributed by atoms with van der Waals surface area (Å²) in [7, 11) is 1.87. The second kappa shape index (κ2) is 7.55. The van der Waals surface area contributed by atoms with Crippen LogP contribution in [0.2, 0.25) is 0 Å². The predicted molar refractivity (Wildman–Crippen MR) is 53.5 cm³/mol. The number of esters is 1. The Morgan fingerprint density at radius 1 is 1.62 bits per heavy atom. The van der Waals surface area contributed by atoms with Crippen LogP contribution in [-0.4, -0.2) is 37.6 Å². The van der Waals surface area contributed by atoms with Crippen LogP contribution in [0.3, 0.4) is 0 Å². The van der Waals surface area contributed by atoms with E-state index in [1.807, 2.05) is 24.1 Å². The Labute approximate surface area is 79.7 Å². The molecule has 0 N–H and O–H groups in total. The first-order valence-corrected chi connectivity index (χ1v) is 4.32. The van der Waals surface area contributed by atoms with E-state index in [1.165, 1.54) is 0 Å². The summed E-state index contributed by atoms with van der Waals surface area (Å²) in [6.45, 7) is 6.85. The molecule has 3 nitrogen and oxygen atoms in total. The number of hydrogen-bond donors (Lipinski definition) is 0. The molecule has 0 aromatic rings. The van der Waals surface area contributed by atoms with Crippen LogP contribution in [0, 0.1) is 0 Å². The second-order valence-electron chi connectivity index (χ2n) is 2.67. The lowest BCUT2D eigenvalue weighted by Gasteiger charge is -2.12. The Kier molecular flexibility index (Phi) is 6.92. The van der Waals surface area contributed by atoms with E-state index in [0.29, 0.717) is 13.2 Å². The van der Waals surface area contributed by atoms with Crippen molar-refractivity contribution in [2.75, 3.05) is 26.7 Å². The average Bonchev–Trinajstić information content (AvgIpc) is 2.05. The highest BCUT2D eigenvalue weighted by Crippen LogP contribution is 1.87. The quantitative estimate of drug-likeness (QED) is 0.458. The van der Waals surface area contributed by atoms with E-state index < -0.39 is 0 Å². The summed E-state index contributed by atoms with van der Waals surface area (Å²) in [5, 5.41) is 0. The maximum Gasteiger partial charge on any atom is 0.320 e. The first-order chi connectivity index (χ1) is 6.20. The van der Waals surface area contributed by atoms with Crippen molar-refractivity contribution in [2.24, 2.45) is 0 Å². The highest BCUT2D eigenvalue weighted by molar-refractivity contribution is 5.71. The minimum absolute atomic E-state index is 0.183. The zero-order valence-corrected chi connectivity index (χ0v) is 8.32. The van der Waals surface area contributed by atoms with Gasteiger partial charge in [0.05, 0.1) is 13.2 Å². The van der Waals surface area contributed by atoms with Gasteiger partial charge in [-0.1, -0.05) is 24.8 Å². The molecule has 0 aromatic heterocycles. The largest absolute Gasteiger partial charge is 0.465 e. The van der Waals surface area contributed by atoms with Crippen molar-refractivity contribution in [3.8, 4) is 0 Å². The Bertz CT molecular complexity index is 187. The number of hydrogen-bond acceptors (Lipinski definition) is 3. The third-order valence-electron chi connectivity index (χ3n) is 1.39. The van der Waals surface area contributed by atoms with Crippen molar-refractivity contribution in [1.29, 1.82) is 0 Å². The molecule has 3 heteroatoms. The van der Waals surface area contributed by atoms with Gasteiger partial charge in [0.2, 0.25) is 0 Å². The Hall–Kier alpha value is -1.09. The van der Waals surface area contributed by atoms with Gasteiger partial charge in [-0.3, -0.25) is 9.69 Å². The number of carbonyl (C=O) groups is 1. The fourth-order valence-corrected chi connectivity index (χ4v) is 0.829. The molecule has 0 unspecified atom stereocenters. The van der Waals surface area contributed by atoms with Crippen molar-refractivity contribution >= 4 is 5.97 Å². The van der Waals surface area contributed by atoms with Crippen LogP contribution in [0.5, 0.6) is 0 Å². The molecule has 0 aliphatic rings. The van der Waals surface area contributed by atoms with Crippen LogP contribution < -0.4 is 0 Å². The van der Waals surface area contributed by atoms with Crippen LogP contribution in [-0.2, 0) is 9.53 Å². The Morgan fingerprint density at radius 2 is 2.31 bits per heavy atom. The minimum Gasteiger partial charge on any atom is -0.465 e. The van der Waals surface area contributed by atoms with Crippen molar-refractivity contribution in [1.82, 2.24) is 4.90 Å². The number of allylic oxidation sites excluding steroid dienone is 2. The lowest BCUT2D eigenvalue weighted by atomic mass is 10.4. The molecular formula is C10H17NO2. The summed E-state index contributed by atoms with van der Waals surface area (Å²) in [6.07, 6.45) is 5.49. The summed E-state index contributed by atoms with van der Waals surface area (Å²) in [6, 6.07) is 0. The molecule has 0 saturated heterocycles. The maximum absolute atomic E-state index is 11.0. The van der Waals surface area contributed by atoms with Gasteiger partial charge < -0.3 is 4.74 Å². The zero-order valence-electron chi connectivity index (χ0n) is 8.32. The van der Waals surface area contributed by atoms with Crippen LogP contribution in [0.25, 0.3) is 0 Å². The summed E-state index contributed by atoms with van der Waals surface area (Å²) < 4.78 is 4.79. The molecule has 0 heterocycles. The van der Waals surface area contributed by atoms with Gasteiger partial charge >= 0.3 is 5.97 Å². The van der Waals surface area contributed by atoms with Gasteiger partial charge in [0.1, 0.15) is 0 Å². The first kappa shape index (κ1) is 11.9. The molecule has 0 spiro atoms. The number of rotatable bonds is 6. The van der Waals surface area contributed by atoms with Gasteiger partial charge in [-0.2, -0.15) is 0 Å². The third kappa shape index (κ3) is 7.28. The van der Waals surface area contributed by atoms with Gasteiger partial charge in [-0.25, -0.2) is 0 Å². The molecular weight excluding hydrogens is 166 g/mol. The lowest BCUT2D eigenvalue weighted by Crippen LogP contribution is -2.27. The van der Waals surface area contributed by atoms with Gasteiger partial charge in [-0.05, 0) is 14.0 Å². The van der Waals surface area contributed by atoms with Crippen LogP contribution in [0.15, 0.2) is 24.8 Å². The average molecular weight is 183 g/mol. The fraction of sp³-hybridized carbons (Fsp3) is 0.500. The van der Waals surface area contributed by atoms with Crippen molar-refractivity contribution in [2.45, 2.75) is 6.92 Å². The molecule has 0 rings (SSSR count). The molecule has 0 aliphatic carbocycles. The van der Waals surface area contributed by atoms with Gasteiger partial charge in [-0.15, -0.1) is 0 Å². The van der Waals surface area contributed by atoms with Gasteiger partial charge in [0.15, 0.2) is 0 Å². The predicted octanol–water partition coefficient (Wildman–Crippen LogP) is 1.22. The molecule has 0 fully saturated rings. The summed E-state index contributed by atoms with van der Waals surface area (Å²) in [5.41, 5.74) is 0. The second-order valence-corrected chi connectivity index (χ2v) is 2.67. The van der Waals surface area contributed by atoms with Crippen LogP contribution in [0.1, 0.15) is 6.92 Å². The SMILES string of the molecule is C=C/C=C/CN(C)CC(=O)OCC. The Morgan fingerprint density at radius 3 is 2.85 bits per heavy atom. The maximum atomic E-state index is 11.0. The molecule has 13 heavy (non-hydrogen) atoms. The van der Waals surface area contributed by atoms with E-state index in [2.05, 4.69) is 6.58 Å². The highest BCUT2D eigenvalue weighted by Gasteiger charge is 2.04. The highest BCUT2D eigenvalue weighted by atomic mass is 16.5. The monoisotopic (exact) mass is 183 g/mol. The van der Waals surface area contributed by atoms with Crippen molar-refractivity contribution in [3.63, 3.8) is 0 Å². The van der Waals surface area contributed by atoms with Crippen LogP contribution >= 0.6 is 0 Å². The lowest BCUT2D eigenvalue weighted by molar-refractivity contribution is -0.143. The smallest absolute Gasteiger partial charge is 0.320 e. The third-order valence-corrected chi connectivity index (χ3v) is 1.39. The van der Waals surface area contributed by atoms with E-state index in [1.54, 1.807) is 13.0 Å². The Balaban J connectivity index is 3.60. The fourth-order valence-electron chi connectivity index (χ4n) is 0.829. The molecule has 0 aliphatic heterocycles. The molecule has 0 bridgehead atoms. The van der Waals surface area contributed by atoms with Crippen molar-refractivity contribution in [3.05, 3.63) is 24.8 Å². The normalized spacial score (nSPS) is 10.7. The summed E-state index contributed by atoms with van der Waals surface area (Å²) >= 11 is 0. The van der Waals surface area contributed by atoms with Gasteiger partial charge in [0.25, 0.3) is 0 Å². The first-order valence-electron chi connectivity index (χ1n) is 4.32. The van der Waals surface area contributed by atoms with Crippen LogP contribution in [0.4, 0.5) is 0 Å². The molecule has 0 amide bonds. The molecule has 0 saturated carbocycles. The number of carbonyl (C=O) groups excluding carboxylic acids is 1. The molecule has 0 radical (unpaired) electrons. The topological polar surface area (TPSA) is 29.5 Å². The standard InChI is InChI=1S/C10H17NO2/c1-4-6-7-8-11(3)9-10(12)13-5-2/h4,6-7H,1,5,8-9H2,2-3H3/b7-6+. The van der Waals surface area contributed by atoms with Gasteiger partial charge in [0, 0.05) is 6.54 Å². The summed E-state index contributed by atoms with van der Waals surface area (Å²) in [5.74, 6) is -0.183. The number of nitrogens with zero attached hydrogens (tertiary/aromatic N) is 1. The van der Waals surface area contributed by atoms with E-state index in [4.69, 9.17) is 4.74 Å². The van der Waals surface area contributed by atoms with E-state index in [-0.39, 0.29) is 5.97 Å². The molecule has 0 atom stereocenters. The minimum atomic E-state index is -0.183. The zero-order chi connectivity index (χ0) is 10.1. The summed E-state index contributed by atoms with van der Waals surface area (Å²) in [4.78, 5) is 12.9. The van der Waals surface area contributed by atoms with Crippen molar-refractivity contribution < 1.29 is 9.53 Å².